The standard InChI is InChI=1S/C23H32O3/c1-15(12-20(24)25)10-9-11-16(2)17-13-18(22(3,4)5)21(26)19(14-17)23(6,7)8/h9-14,26H,1-8H3,(H,24,25)/b10-9+,15-12+,16-11+. The van der Waals surface area contributed by atoms with E-state index in [2.05, 4.69) is 41.5 Å². The molecule has 1 aromatic carbocycles. The van der Waals surface area contributed by atoms with Crippen molar-refractivity contribution in [1.29, 1.82) is 0 Å². The molecule has 1 rings (SSSR count). The highest BCUT2D eigenvalue weighted by molar-refractivity contribution is 5.81. The largest absolute Gasteiger partial charge is 0.507 e. The van der Waals surface area contributed by atoms with Gasteiger partial charge in [-0.2, -0.15) is 0 Å². The van der Waals surface area contributed by atoms with E-state index in [1.165, 1.54) is 6.08 Å². The van der Waals surface area contributed by atoms with E-state index in [1.54, 1.807) is 13.0 Å². The molecule has 0 saturated heterocycles. The van der Waals surface area contributed by atoms with Crippen LogP contribution in [0.4, 0.5) is 0 Å². The van der Waals surface area contributed by atoms with Gasteiger partial charge in [0.1, 0.15) is 5.75 Å². The summed E-state index contributed by atoms with van der Waals surface area (Å²) in [5.41, 5.74) is 4.31. The number of rotatable bonds is 4. The number of allylic oxidation sites excluding steroid dienone is 5. The summed E-state index contributed by atoms with van der Waals surface area (Å²) in [7, 11) is 0. The molecular formula is C23H32O3. The molecule has 0 atom stereocenters. The minimum absolute atomic E-state index is 0.170. The van der Waals surface area contributed by atoms with E-state index in [0.29, 0.717) is 11.3 Å². The Morgan fingerprint density at radius 3 is 1.81 bits per heavy atom. The fourth-order valence-corrected chi connectivity index (χ4v) is 2.69. The number of aromatic hydroxyl groups is 1. The van der Waals surface area contributed by atoms with Crippen LogP contribution in [0.15, 0.2) is 42.0 Å². The van der Waals surface area contributed by atoms with Crippen LogP contribution < -0.4 is 0 Å². The Morgan fingerprint density at radius 1 is 0.962 bits per heavy atom. The Labute approximate surface area is 157 Å². The first-order chi connectivity index (χ1) is 11.7. The third-order valence-corrected chi connectivity index (χ3v) is 4.24. The van der Waals surface area contributed by atoms with Gasteiger partial charge in [-0.3, -0.25) is 0 Å². The summed E-state index contributed by atoms with van der Waals surface area (Å²) in [4.78, 5) is 10.7. The minimum Gasteiger partial charge on any atom is -0.507 e. The van der Waals surface area contributed by atoms with Crippen LogP contribution in [0, 0.1) is 0 Å². The summed E-state index contributed by atoms with van der Waals surface area (Å²) in [6.07, 6.45) is 6.76. The van der Waals surface area contributed by atoms with Crippen LogP contribution in [0.25, 0.3) is 5.57 Å². The lowest BCUT2D eigenvalue weighted by molar-refractivity contribution is -0.131. The number of carboxylic acid groups (broad SMARTS) is 1. The maximum Gasteiger partial charge on any atom is 0.328 e. The summed E-state index contributed by atoms with van der Waals surface area (Å²) in [6, 6.07) is 4.09. The zero-order valence-electron chi connectivity index (χ0n) is 17.3. The summed E-state index contributed by atoms with van der Waals surface area (Å²) in [5.74, 6) is -0.576. The number of carboxylic acids is 1. The quantitative estimate of drug-likeness (QED) is 0.515. The van der Waals surface area contributed by atoms with Crippen molar-refractivity contribution in [2.75, 3.05) is 0 Å². The van der Waals surface area contributed by atoms with Crippen LogP contribution in [0.2, 0.25) is 0 Å². The average Bonchev–Trinajstić information content (AvgIpc) is 2.43. The molecule has 0 unspecified atom stereocenters. The van der Waals surface area contributed by atoms with Gasteiger partial charge < -0.3 is 10.2 Å². The minimum atomic E-state index is -0.948. The van der Waals surface area contributed by atoms with E-state index >= 15 is 0 Å². The SMILES string of the molecule is CC(/C=C/C=C(\C)c1cc(C(C)(C)C)c(O)c(C(C)(C)C)c1)=C\C(=O)O. The maximum absolute atomic E-state index is 10.8. The van der Waals surface area contributed by atoms with Crippen LogP contribution in [0.1, 0.15) is 72.1 Å². The van der Waals surface area contributed by atoms with Gasteiger partial charge in [0.05, 0.1) is 0 Å². The van der Waals surface area contributed by atoms with Gasteiger partial charge in [-0.1, -0.05) is 59.8 Å². The van der Waals surface area contributed by atoms with Crippen molar-refractivity contribution < 1.29 is 15.0 Å². The summed E-state index contributed by atoms with van der Waals surface area (Å²) >= 11 is 0. The van der Waals surface area contributed by atoms with Crippen LogP contribution in [-0.2, 0) is 15.6 Å². The molecule has 3 nitrogen and oxygen atoms in total. The van der Waals surface area contributed by atoms with Gasteiger partial charge in [-0.25, -0.2) is 4.79 Å². The van der Waals surface area contributed by atoms with Crippen molar-refractivity contribution in [3.63, 3.8) is 0 Å². The second kappa shape index (κ2) is 7.94. The van der Waals surface area contributed by atoms with Crippen molar-refractivity contribution in [2.45, 2.75) is 66.2 Å². The van der Waals surface area contributed by atoms with E-state index in [0.717, 1.165) is 22.3 Å². The van der Waals surface area contributed by atoms with Gasteiger partial charge >= 0.3 is 5.97 Å². The predicted molar refractivity (Wildman–Crippen MR) is 110 cm³/mol. The van der Waals surface area contributed by atoms with Crippen molar-refractivity contribution in [1.82, 2.24) is 0 Å². The monoisotopic (exact) mass is 356 g/mol. The molecule has 0 heterocycles. The van der Waals surface area contributed by atoms with Crippen LogP contribution in [0.3, 0.4) is 0 Å². The fraction of sp³-hybridized carbons (Fsp3) is 0.435. The number of aliphatic carboxylic acids is 1. The second-order valence-corrected chi connectivity index (χ2v) is 8.86. The molecule has 0 bridgehead atoms. The zero-order valence-corrected chi connectivity index (χ0v) is 17.3. The third kappa shape index (κ3) is 5.91. The molecule has 2 N–H and O–H groups in total. The van der Waals surface area contributed by atoms with E-state index in [4.69, 9.17) is 5.11 Å². The molecule has 1 aromatic rings. The normalized spacial score (nSPS) is 14.2. The van der Waals surface area contributed by atoms with Crippen molar-refractivity contribution in [2.24, 2.45) is 0 Å². The van der Waals surface area contributed by atoms with E-state index in [-0.39, 0.29) is 10.8 Å². The molecule has 26 heavy (non-hydrogen) atoms. The lowest BCUT2D eigenvalue weighted by Gasteiger charge is -2.28. The molecule has 142 valence electrons. The predicted octanol–water partition coefficient (Wildman–Crippen LogP) is 5.98. The Kier molecular flexibility index (Phi) is 6.65. The first-order valence-electron chi connectivity index (χ1n) is 8.88. The molecule has 0 radical (unpaired) electrons. The number of carbonyl (C=O) groups is 1. The van der Waals surface area contributed by atoms with Crippen LogP contribution in [-0.4, -0.2) is 16.2 Å². The molecule has 0 aliphatic carbocycles. The van der Waals surface area contributed by atoms with Gasteiger partial charge in [-0.15, -0.1) is 0 Å². The molecule has 0 amide bonds. The Balaban J connectivity index is 3.42. The molecule has 0 aliphatic rings. The average molecular weight is 357 g/mol. The van der Waals surface area contributed by atoms with Gasteiger partial charge in [0.25, 0.3) is 0 Å². The number of benzene rings is 1. The van der Waals surface area contributed by atoms with Gasteiger partial charge in [-0.05, 0) is 53.5 Å². The molecule has 0 aromatic heterocycles. The van der Waals surface area contributed by atoms with Crippen LogP contribution in [0.5, 0.6) is 5.75 Å². The van der Waals surface area contributed by atoms with Crippen molar-refractivity contribution >= 4 is 11.5 Å². The highest BCUT2D eigenvalue weighted by Gasteiger charge is 2.26. The molecule has 3 heteroatoms. The Hall–Kier alpha value is -2.29. The molecule has 0 fully saturated rings. The van der Waals surface area contributed by atoms with E-state index in [1.807, 2.05) is 31.2 Å². The van der Waals surface area contributed by atoms with Crippen molar-refractivity contribution in [3.8, 4) is 5.75 Å². The first kappa shape index (κ1) is 21.8. The smallest absolute Gasteiger partial charge is 0.328 e. The summed E-state index contributed by atoms with van der Waals surface area (Å²) < 4.78 is 0. The fourth-order valence-electron chi connectivity index (χ4n) is 2.69. The lowest BCUT2D eigenvalue weighted by Crippen LogP contribution is -2.17. The van der Waals surface area contributed by atoms with Crippen LogP contribution >= 0.6 is 0 Å². The van der Waals surface area contributed by atoms with Gasteiger partial charge in [0.2, 0.25) is 0 Å². The maximum atomic E-state index is 10.8. The summed E-state index contributed by atoms with van der Waals surface area (Å²) in [5, 5.41) is 19.6. The number of hydrogen-bond acceptors (Lipinski definition) is 2. The number of phenolic OH excluding ortho intramolecular Hbond substituents is 1. The molecule has 0 spiro atoms. The molecular weight excluding hydrogens is 324 g/mol. The second-order valence-electron chi connectivity index (χ2n) is 8.86. The molecule has 0 aliphatic heterocycles. The topological polar surface area (TPSA) is 57.5 Å². The highest BCUT2D eigenvalue weighted by atomic mass is 16.4. The van der Waals surface area contributed by atoms with Gasteiger partial charge in [0.15, 0.2) is 0 Å². The molecule has 0 saturated carbocycles. The van der Waals surface area contributed by atoms with E-state index in [9.17, 15) is 9.90 Å². The Morgan fingerprint density at radius 2 is 1.42 bits per heavy atom. The summed E-state index contributed by atoms with van der Waals surface area (Å²) in [6.45, 7) is 16.3. The number of hydrogen-bond donors (Lipinski definition) is 2. The lowest BCUT2D eigenvalue weighted by atomic mass is 9.78. The Bertz CT molecular complexity index is 729. The zero-order chi connectivity index (χ0) is 20.3. The van der Waals surface area contributed by atoms with E-state index < -0.39 is 5.97 Å². The third-order valence-electron chi connectivity index (χ3n) is 4.24. The number of phenols is 1. The highest BCUT2D eigenvalue weighted by Crippen LogP contribution is 2.40. The van der Waals surface area contributed by atoms with Gasteiger partial charge in [0, 0.05) is 17.2 Å². The van der Waals surface area contributed by atoms with Crippen molar-refractivity contribution in [3.05, 3.63) is 58.7 Å². The first-order valence-corrected chi connectivity index (χ1v) is 8.88.